The number of amides is 1. The molecule has 3 aromatic rings. The molecule has 0 saturated carbocycles. The highest BCUT2D eigenvalue weighted by molar-refractivity contribution is 5.95. The van der Waals surface area contributed by atoms with Gasteiger partial charge < -0.3 is 4.90 Å². The van der Waals surface area contributed by atoms with Gasteiger partial charge in [0.2, 0.25) is 0 Å². The average molecular weight is 359 g/mol. The van der Waals surface area contributed by atoms with Crippen LogP contribution in [0.5, 0.6) is 0 Å². The van der Waals surface area contributed by atoms with Crippen molar-refractivity contribution in [3.63, 3.8) is 0 Å². The van der Waals surface area contributed by atoms with E-state index in [1.807, 2.05) is 68.7 Å². The molecule has 27 heavy (non-hydrogen) atoms. The maximum atomic E-state index is 13.1. The van der Waals surface area contributed by atoms with Crippen LogP contribution in [0.1, 0.15) is 46.6 Å². The third kappa shape index (κ3) is 4.22. The molecule has 1 aromatic carbocycles. The molecule has 0 N–H and O–H groups in total. The maximum Gasteiger partial charge on any atom is 0.254 e. The first-order valence-electron chi connectivity index (χ1n) is 9.22. The lowest BCUT2D eigenvalue weighted by Gasteiger charge is -2.27. The highest BCUT2D eigenvalue weighted by atomic mass is 16.2. The second kappa shape index (κ2) is 8.12. The third-order valence-corrected chi connectivity index (χ3v) is 4.75. The van der Waals surface area contributed by atoms with E-state index in [0.29, 0.717) is 5.56 Å². The van der Waals surface area contributed by atoms with Crippen molar-refractivity contribution < 1.29 is 4.79 Å². The lowest BCUT2D eigenvalue weighted by Crippen LogP contribution is -2.31. The molecule has 1 unspecified atom stereocenters. The van der Waals surface area contributed by atoms with Crippen molar-refractivity contribution >= 4 is 5.91 Å². The van der Waals surface area contributed by atoms with Gasteiger partial charge in [0, 0.05) is 36.3 Å². The van der Waals surface area contributed by atoms with Crippen LogP contribution in [0.3, 0.4) is 0 Å². The lowest BCUT2D eigenvalue weighted by molar-refractivity contribution is 0.0726. The summed E-state index contributed by atoms with van der Waals surface area (Å²) in [4.78, 5) is 23.7. The minimum atomic E-state index is -0.00537. The number of hydrogen-bond donors (Lipinski definition) is 0. The Morgan fingerprint density at radius 2 is 1.93 bits per heavy atom. The molecule has 0 saturated heterocycles. The van der Waals surface area contributed by atoms with Crippen molar-refractivity contribution in [2.75, 3.05) is 7.05 Å². The van der Waals surface area contributed by atoms with Gasteiger partial charge in [-0.15, -0.1) is 0 Å². The summed E-state index contributed by atoms with van der Waals surface area (Å²) in [5.41, 5.74) is 5.69. The molecule has 0 aliphatic heterocycles. The molecule has 4 heteroatoms. The number of pyridine rings is 2. The number of aromatic nitrogens is 2. The van der Waals surface area contributed by atoms with Gasteiger partial charge in [-0.1, -0.05) is 25.1 Å². The van der Waals surface area contributed by atoms with Crippen molar-refractivity contribution in [3.05, 3.63) is 83.3 Å². The summed E-state index contributed by atoms with van der Waals surface area (Å²) in [6, 6.07) is 15.7. The first-order valence-corrected chi connectivity index (χ1v) is 9.22. The van der Waals surface area contributed by atoms with E-state index in [4.69, 9.17) is 0 Å². The SMILES string of the molecule is CCC(c1cccnc1)N(C)C(=O)c1cccc(-c2cc(C)cc(C)n2)c1. The fourth-order valence-electron chi connectivity index (χ4n) is 3.45. The van der Waals surface area contributed by atoms with Gasteiger partial charge in [0.25, 0.3) is 5.91 Å². The average Bonchev–Trinajstić information content (AvgIpc) is 2.68. The van der Waals surface area contributed by atoms with E-state index in [0.717, 1.165) is 34.5 Å². The number of benzene rings is 1. The molecule has 4 nitrogen and oxygen atoms in total. The van der Waals surface area contributed by atoms with Crippen LogP contribution in [0.25, 0.3) is 11.3 Å². The topological polar surface area (TPSA) is 46.1 Å². The Morgan fingerprint density at radius 1 is 1.11 bits per heavy atom. The molecule has 0 spiro atoms. The minimum absolute atomic E-state index is 0.00284. The van der Waals surface area contributed by atoms with Crippen molar-refractivity contribution in [1.29, 1.82) is 0 Å². The predicted octanol–water partition coefficient (Wildman–Crippen LogP) is 4.98. The zero-order chi connectivity index (χ0) is 19.4. The Hall–Kier alpha value is -3.01. The number of nitrogens with zero attached hydrogens (tertiary/aromatic N) is 3. The summed E-state index contributed by atoms with van der Waals surface area (Å²) in [6.07, 6.45) is 4.40. The van der Waals surface area contributed by atoms with Gasteiger partial charge >= 0.3 is 0 Å². The second-order valence-electron chi connectivity index (χ2n) is 6.88. The van der Waals surface area contributed by atoms with E-state index in [1.165, 1.54) is 0 Å². The monoisotopic (exact) mass is 359 g/mol. The molecule has 3 rings (SSSR count). The first kappa shape index (κ1) is 18.8. The van der Waals surface area contributed by atoms with E-state index in [9.17, 15) is 4.79 Å². The van der Waals surface area contributed by atoms with E-state index >= 15 is 0 Å². The quantitative estimate of drug-likeness (QED) is 0.645. The predicted molar refractivity (Wildman–Crippen MR) is 109 cm³/mol. The number of hydrogen-bond acceptors (Lipinski definition) is 3. The Bertz CT molecular complexity index is 917. The van der Waals surface area contributed by atoms with E-state index < -0.39 is 0 Å². The molecule has 2 aromatic heterocycles. The Labute approximate surface area is 160 Å². The van der Waals surface area contributed by atoms with Crippen LogP contribution in [0.2, 0.25) is 0 Å². The van der Waals surface area contributed by atoms with Crippen molar-refractivity contribution in [1.82, 2.24) is 14.9 Å². The van der Waals surface area contributed by atoms with E-state index in [2.05, 4.69) is 23.8 Å². The summed E-state index contributed by atoms with van der Waals surface area (Å²) in [7, 11) is 1.85. The number of aryl methyl sites for hydroxylation is 2. The zero-order valence-electron chi connectivity index (χ0n) is 16.3. The van der Waals surface area contributed by atoms with Crippen LogP contribution in [0, 0.1) is 13.8 Å². The summed E-state index contributed by atoms with van der Waals surface area (Å²) in [5.74, 6) is -0.00284. The number of rotatable bonds is 5. The van der Waals surface area contributed by atoms with Gasteiger partial charge in [-0.2, -0.15) is 0 Å². The van der Waals surface area contributed by atoms with Crippen LogP contribution in [0.15, 0.2) is 60.9 Å². The Kier molecular flexibility index (Phi) is 5.65. The van der Waals surface area contributed by atoms with Gasteiger partial charge in [-0.05, 0) is 61.7 Å². The summed E-state index contributed by atoms with van der Waals surface area (Å²) < 4.78 is 0. The summed E-state index contributed by atoms with van der Waals surface area (Å²) in [5, 5.41) is 0. The molecule has 0 fully saturated rings. The molecular formula is C23H25N3O. The Balaban J connectivity index is 1.90. The normalized spacial score (nSPS) is 11.9. The highest BCUT2D eigenvalue weighted by Gasteiger charge is 2.21. The first-order chi connectivity index (χ1) is 13.0. The maximum absolute atomic E-state index is 13.1. The molecule has 0 aliphatic rings. The van der Waals surface area contributed by atoms with Crippen molar-refractivity contribution in [2.24, 2.45) is 0 Å². The van der Waals surface area contributed by atoms with E-state index in [1.54, 1.807) is 11.1 Å². The standard InChI is InChI=1S/C23H25N3O/c1-5-22(20-10-7-11-24-15-20)26(4)23(27)19-9-6-8-18(14-19)21-13-16(2)12-17(3)25-21/h6-15,22H,5H2,1-4H3. The largest absolute Gasteiger partial charge is 0.335 e. The zero-order valence-corrected chi connectivity index (χ0v) is 16.3. The summed E-state index contributed by atoms with van der Waals surface area (Å²) in [6.45, 7) is 6.12. The molecule has 1 amide bonds. The highest BCUT2D eigenvalue weighted by Crippen LogP contribution is 2.26. The third-order valence-electron chi connectivity index (χ3n) is 4.75. The Morgan fingerprint density at radius 3 is 2.59 bits per heavy atom. The van der Waals surface area contributed by atoms with Crippen LogP contribution in [-0.4, -0.2) is 27.8 Å². The lowest BCUT2D eigenvalue weighted by atomic mass is 10.0. The van der Waals surface area contributed by atoms with Crippen LogP contribution >= 0.6 is 0 Å². The molecule has 138 valence electrons. The molecular weight excluding hydrogens is 334 g/mol. The van der Waals surface area contributed by atoms with Crippen LogP contribution < -0.4 is 0 Å². The summed E-state index contributed by atoms with van der Waals surface area (Å²) >= 11 is 0. The smallest absolute Gasteiger partial charge is 0.254 e. The van der Waals surface area contributed by atoms with Crippen LogP contribution in [-0.2, 0) is 0 Å². The van der Waals surface area contributed by atoms with E-state index in [-0.39, 0.29) is 11.9 Å². The van der Waals surface area contributed by atoms with Crippen molar-refractivity contribution in [3.8, 4) is 11.3 Å². The molecule has 1 atom stereocenters. The molecule has 2 heterocycles. The fourth-order valence-corrected chi connectivity index (χ4v) is 3.45. The number of carbonyl (C=O) groups excluding carboxylic acids is 1. The second-order valence-corrected chi connectivity index (χ2v) is 6.88. The van der Waals surface area contributed by atoms with Crippen LogP contribution in [0.4, 0.5) is 0 Å². The minimum Gasteiger partial charge on any atom is -0.335 e. The van der Waals surface area contributed by atoms with Gasteiger partial charge in [-0.25, -0.2) is 0 Å². The van der Waals surface area contributed by atoms with Gasteiger partial charge in [0.05, 0.1) is 11.7 Å². The van der Waals surface area contributed by atoms with Gasteiger partial charge in [-0.3, -0.25) is 14.8 Å². The van der Waals surface area contributed by atoms with Gasteiger partial charge in [0.15, 0.2) is 0 Å². The molecule has 0 aliphatic carbocycles. The van der Waals surface area contributed by atoms with Crippen molar-refractivity contribution in [2.45, 2.75) is 33.2 Å². The molecule has 0 bridgehead atoms. The molecule has 0 radical (unpaired) electrons. The fraction of sp³-hybridized carbons (Fsp3) is 0.261. The van der Waals surface area contributed by atoms with Gasteiger partial charge in [0.1, 0.15) is 0 Å². The number of carbonyl (C=O) groups is 1.